The van der Waals surface area contributed by atoms with Gasteiger partial charge in [0, 0.05) is 12.1 Å². The quantitative estimate of drug-likeness (QED) is 0.358. The summed E-state index contributed by atoms with van der Waals surface area (Å²) >= 11 is 1.48. The van der Waals surface area contributed by atoms with E-state index in [1.807, 2.05) is 53.3 Å². The molecule has 0 bridgehead atoms. The molecule has 5 heteroatoms. The van der Waals surface area contributed by atoms with Crippen LogP contribution in [0.15, 0.2) is 59.6 Å². The molecule has 0 fully saturated rings. The zero-order valence-electron chi connectivity index (χ0n) is 16.9. The van der Waals surface area contributed by atoms with Gasteiger partial charge in [-0.3, -0.25) is 0 Å². The summed E-state index contributed by atoms with van der Waals surface area (Å²) in [5.41, 5.74) is 4.70. The van der Waals surface area contributed by atoms with Crippen molar-refractivity contribution in [3.63, 3.8) is 0 Å². The maximum absolute atomic E-state index is 12.9. The smallest absolute Gasteiger partial charge is 0.355 e. The number of rotatable bonds is 7. The second-order valence-corrected chi connectivity index (χ2v) is 7.33. The maximum Gasteiger partial charge on any atom is 0.355 e. The first-order valence-corrected chi connectivity index (χ1v) is 10.9. The monoisotopic (exact) mass is 404 g/mol. The van der Waals surface area contributed by atoms with Crippen LogP contribution in [0.5, 0.6) is 0 Å². The Bertz CT molecular complexity index is 1030. The van der Waals surface area contributed by atoms with E-state index in [0.29, 0.717) is 30.0 Å². The van der Waals surface area contributed by atoms with Crippen LogP contribution in [-0.2, 0) is 11.3 Å². The Hall–Kier alpha value is -2.97. The van der Waals surface area contributed by atoms with Crippen molar-refractivity contribution < 1.29 is 9.53 Å². The average Bonchev–Trinajstić information content (AvgIpc) is 3.08. The SMILES string of the molecule is CCCn1c(SC)c(C#N)c(-c2ccc(-c3ccccc3)cc2)c1C(=O)OCC. The number of aromatic nitrogens is 1. The highest BCUT2D eigenvalue weighted by Crippen LogP contribution is 2.38. The van der Waals surface area contributed by atoms with Crippen molar-refractivity contribution in [2.75, 3.05) is 12.9 Å². The maximum atomic E-state index is 12.9. The summed E-state index contributed by atoms with van der Waals surface area (Å²) in [5, 5.41) is 10.7. The predicted molar refractivity (Wildman–Crippen MR) is 118 cm³/mol. The fourth-order valence-corrected chi connectivity index (χ4v) is 4.26. The number of hydrogen-bond donors (Lipinski definition) is 0. The van der Waals surface area contributed by atoms with Crippen LogP contribution in [0.1, 0.15) is 36.3 Å². The van der Waals surface area contributed by atoms with Crippen LogP contribution in [-0.4, -0.2) is 23.4 Å². The summed E-state index contributed by atoms with van der Waals surface area (Å²) in [6, 6.07) is 20.4. The van der Waals surface area contributed by atoms with Crippen LogP contribution in [0.3, 0.4) is 0 Å². The van der Waals surface area contributed by atoms with E-state index in [0.717, 1.165) is 28.1 Å². The summed E-state index contributed by atoms with van der Waals surface area (Å²) in [7, 11) is 0. The molecule has 0 aliphatic heterocycles. The van der Waals surface area contributed by atoms with Gasteiger partial charge in [-0.15, -0.1) is 11.8 Å². The van der Waals surface area contributed by atoms with Gasteiger partial charge >= 0.3 is 5.97 Å². The number of nitrogens with zero attached hydrogens (tertiary/aromatic N) is 2. The Morgan fingerprint density at radius 2 is 1.66 bits per heavy atom. The lowest BCUT2D eigenvalue weighted by Gasteiger charge is -2.12. The third-order valence-corrected chi connectivity index (χ3v) is 5.53. The molecule has 148 valence electrons. The predicted octanol–water partition coefficient (Wildman–Crippen LogP) is 6.00. The van der Waals surface area contributed by atoms with Gasteiger partial charge in [-0.05, 0) is 36.3 Å². The highest BCUT2D eigenvalue weighted by atomic mass is 32.2. The van der Waals surface area contributed by atoms with Crippen LogP contribution in [0.25, 0.3) is 22.3 Å². The van der Waals surface area contributed by atoms with Gasteiger partial charge in [-0.25, -0.2) is 4.79 Å². The van der Waals surface area contributed by atoms with Crippen LogP contribution < -0.4 is 0 Å². The van der Waals surface area contributed by atoms with Crippen molar-refractivity contribution in [3.8, 4) is 28.3 Å². The highest BCUT2D eigenvalue weighted by molar-refractivity contribution is 7.98. The number of carbonyl (C=O) groups excluding carboxylic acids is 1. The van der Waals surface area contributed by atoms with Gasteiger partial charge in [-0.2, -0.15) is 5.26 Å². The second kappa shape index (κ2) is 9.49. The molecule has 0 unspecified atom stereocenters. The van der Waals surface area contributed by atoms with E-state index < -0.39 is 0 Å². The zero-order chi connectivity index (χ0) is 20.8. The van der Waals surface area contributed by atoms with Crippen molar-refractivity contribution in [1.29, 1.82) is 5.26 Å². The van der Waals surface area contributed by atoms with Crippen molar-refractivity contribution in [3.05, 3.63) is 65.9 Å². The normalized spacial score (nSPS) is 10.6. The first-order chi connectivity index (χ1) is 14.2. The first kappa shape index (κ1) is 20.8. The molecule has 4 nitrogen and oxygen atoms in total. The lowest BCUT2D eigenvalue weighted by molar-refractivity contribution is 0.0513. The summed E-state index contributed by atoms with van der Waals surface area (Å²) in [4.78, 5) is 12.9. The van der Waals surface area contributed by atoms with Gasteiger partial charge in [0.25, 0.3) is 0 Å². The van der Waals surface area contributed by atoms with Crippen LogP contribution in [0, 0.1) is 11.3 Å². The van der Waals surface area contributed by atoms with Gasteiger partial charge in [0.2, 0.25) is 0 Å². The van der Waals surface area contributed by atoms with E-state index in [2.05, 4.69) is 25.1 Å². The molecule has 0 amide bonds. The molecular weight excluding hydrogens is 380 g/mol. The van der Waals surface area contributed by atoms with Gasteiger partial charge in [-0.1, -0.05) is 61.5 Å². The number of carbonyl (C=O) groups is 1. The van der Waals surface area contributed by atoms with Gasteiger partial charge < -0.3 is 9.30 Å². The van der Waals surface area contributed by atoms with E-state index >= 15 is 0 Å². The molecule has 0 atom stereocenters. The summed E-state index contributed by atoms with van der Waals surface area (Å²) in [6.45, 7) is 4.79. The summed E-state index contributed by atoms with van der Waals surface area (Å²) < 4.78 is 7.28. The summed E-state index contributed by atoms with van der Waals surface area (Å²) in [6.07, 6.45) is 2.78. The largest absolute Gasteiger partial charge is 0.461 e. The Morgan fingerprint density at radius 1 is 1.03 bits per heavy atom. The third-order valence-electron chi connectivity index (χ3n) is 4.72. The minimum Gasteiger partial charge on any atom is -0.461 e. The second-order valence-electron chi connectivity index (χ2n) is 6.54. The van der Waals surface area contributed by atoms with Crippen molar-refractivity contribution in [1.82, 2.24) is 4.57 Å². The standard InChI is InChI=1S/C24H24N2O2S/c1-4-15-26-22(24(27)28-5-2)21(20(16-25)23(26)29-3)19-13-11-18(12-14-19)17-9-7-6-8-10-17/h6-14H,4-5,15H2,1-3H3. The number of nitriles is 1. The van der Waals surface area contributed by atoms with Crippen LogP contribution in [0.2, 0.25) is 0 Å². The molecule has 0 saturated carbocycles. The Labute approximate surface area is 176 Å². The van der Waals surface area contributed by atoms with Crippen LogP contribution in [0.4, 0.5) is 0 Å². The molecule has 0 aliphatic carbocycles. The number of ether oxygens (including phenoxy) is 1. The number of esters is 1. The lowest BCUT2D eigenvalue weighted by Crippen LogP contribution is -2.14. The molecule has 0 aliphatic rings. The van der Waals surface area contributed by atoms with Gasteiger partial charge in [0.05, 0.1) is 17.2 Å². The minimum atomic E-state index is -0.389. The zero-order valence-corrected chi connectivity index (χ0v) is 17.8. The van der Waals surface area contributed by atoms with Crippen molar-refractivity contribution in [2.24, 2.45) is 0 Å². The Kier molecular flexibility index (Phi) is 6.79. The molecule has 0 radical (unpaired) electrons. The van der Waals surface area contributed by atoms with Crippen LogP contribution >= 0.6 is 11.8 Å². The molecule has 0 saturated heterocycles. The first-order valence-electron chi connectivity index (χ1n) is 9.69. The topological polar surface area (TPSA) is 55.0 Å². The number of hydrogen-bond acceptors (Lipinski definition) is 4. The van der Waals surface area contributed by atoms with E-state index in [1.165, 1.54) is 11.8 Å². The molecule has 3 aromatic rings. The van der Waals surface area contributed by atoms with Crippen molar-refractivity contribution in [2.45, 2.75) is 31.8 Å². The highest BCUT2D eigenvalue weighted by Gasteiger charge is 2.28. The molecule has 29 heavy (non-hydrogen) atoms. The van der Waals surface area contributed by atoms with E-state index in [9.17, 15) is 10.1 Å². The molecule has 0 spiro atoms. The molecular formula is C24H24N2O2S. The fraction of sp³-hybridized carbons (Fsp3) is 0.250. The Balaban J connectivity index is 2.19. The van der Waals surface area contributed by atoms with E-state index in [-0.39, 0.29) is 5.97 Å². The van der Waals surface area contributed by atoms with E-state index in [4.69, 9.17) is 4.74 Å². The molecule has 3 rings (SSSR count). The molecule has 1 heterocycles. The Morgan fingerprint density at radius 3 is 2.21 bits per heavy atom. The molecule has 1 aromatic heterocycles. The average molecular weight is 405 g/mol. The van der Waals surface area contributed by atoms with E-state index in [1.54, 1.807) is 6.92 Å². The lowest BCUT2D eigenvalue weighted by atomic mass is 9.98. The summed E-state index contributed by atoms with van der Waals surface area (Å²) in [5.74, 6) is -0.389. The van der Waals surface area contributed by atoms with Gasteiger partial charge in [0.1, 0.15) is 11.8 Å². The molecule has 2 aromatic carbocycles. The van der Waals surface area contributed by atoms with Gasteiger partial charge in [0.15, 0.2) is 0 Å². The fourth-order valence-electron chi connectivity index (χ4n) is 3.50. The van der Waals surface area contributed by atoms with Crippen molar-refractivity contribution >= 4 is 17.7 Å². The molecule has 0 N–H and O–H groups in total. The number of benzene rings is 2. The number of thioether (sulfide) groups is 1. The minimum absolute atomic E-state index is 0.291. The third kappa shape index (κ3) is 4.08.